The lowest BCUT2D eigenvalue weighted by Crippen LogP contribution is -2.41. The first-order valence-electron chi connectivity index (χ1n) is 11.6. The largest absolute Gasteiger partial charge is 0.508 e. The SMILES string of the molecule is Oc1ccc(O)c([P+](C2CCCCC2)(C2CCCCC2)C2CCCCC2)c1. The molecule has 0 heterocycles. The van der Waals surface area contributed by atoms with Crippen LogP contribution in [0, 0.1) is 0 Å². The van der Waals surface area contributed by atoms with Gasteiger partial charge in [-0.25, -0.2) is 0 Å². The molecule has 0 saturated heterocycles. The Kier molecular flexibility index (Phi) is 6.32. The van der Waals surface area contributed by atoms with E-state index >= 15 is 0 Å². The van der Waals surface area contributed by atoms with Gasteiger partial charge in [-0.05, 0) is 89.2 Å². The molecule has 0 bridgehead atoms. The molecule has 0 spiro atoms. The van der Waals surface area contributed by atoms with E-state index in [-0.39, 0.29) is 0 Å². The van der Waals surface area contributed by atoms with Gasteiger partial charge < -0.3 is 10.2 Å². The maximum atomic E-state index is 11.1. The molecule has 1 aromatic rings. The van der Waals surface area contributed by atoms with Gasteiger partial charge in [-0.1, -0.05) is 19.3 Å². The summed E-state index contributed by atoms with van der Waals surface area (Å²) in [5.74, 6) is 0.845. The van der Waals surface area contributed by atoms with Gasteiger partial charge in [0, 0.05) is 6.07 Å². The molecule has 2 nitrogen and oxygen atoms in total. The van der Waals surface area contributed by atoms with Gasteiger partial charge >= 0.3 is 0 Å². The summed E-state index contributed by atoms with van der Waals surface area (Å²) < 4.78 is 0. The van der Waals surface area contributed by atoms with Crippen LogP contribution in [0.4, 0.5) is 0 Å². The van der Waals surface area contributed by atoms with Crippen LogP contribution in [0.25, 0.3) is 0 Å². The van der Waals surface area contributed by atoms with Gasteiger partial charge in [0.1, 0.15) is 11.1 Å². The zero-order valence-electron chi connectivity index (χ0n) is 16.9. The van der Waals surface area contributed by atoms with Crippen LogP contribution in [-0.4, -0.2) is 27.2 Å². The second kappa shape index (κ2) is 8.73. The van der Waals surface area contributed by atoms with Crippen molar-refractivity contribution in [3.8, 4) is 11.5 Å². The van der Waals surface area contributed by atoms with Crippen molar-refractivity contribution in [2.45, 2.75) is 113 Å². The molecule has 4 rings (SSSR count). The number of hydrogen-bond donors (Lipinski definition) is 2. The fourth-order valence-corrected chi connectivity index (χ4v) is 14.3. The third-order valence-electron chi connectivity index (χ3n) is 7.91. The summed E-state index contributed by atoms with van der Waals surface area (Å²) in [6, 6.07) is 5.46. The molecule has 3 heteroatoms. The number of rotatable bonds is 4. The smallest absolute Gasteiger partial charge is 0.158 e. The highest BCUT2D eigenvalue weighted by atomic mass is 31.2. The zero-order valence-corrected chi connectivity index (χ0v) is 17.8. The van der Waals surface area contributed by atoms with E-state index in [0.717, 1.165) is 17.0 Å². The summed E-state index contributed by atoms with van der Waals surface area (Å²) >= 11 is 0. The van der Waals surface area contributed by atoms with Crippen molar-refractivity contribution in [2.75, 3.05) is 0 Å². The fourth-order valence-electron chi connectivity index (χ4n) is 6.83. The second-order valence-electron chi connectivity index (χ2n) is 9.38. The highest BCUT2D eigenvalue weighted by Crippen LogP contribution is 2.77. The predicted octanol–water partition coefficient (Wildman–Crippen LogP) is 6.74. The van der Waals surface area contributed by atoms with Crippen LogP contribution in [0.1, 0.15) is 96.3 Å². The number of aromatic hydroxyl groups is 2. The maximum Gasteiger partial charge on any atom is 0.158 e. The van der Waals surface area contributed by atoms with E-state index in [1.807, 2.05) is 6.07 Å². The predicted molar refractivity (Wildman–Crippen MR) is 117 cm³/mol. The van der Waals surface area contributed by atoms with E-state index in [4.69, 9.17) is 0 Å². The van der Waals surface area contributed by atoms with Crippen molar-refractivity contribution in [3.05, 3.63) is 18.2 Å². The molecule has 27 heavy (non-hydrogen) atoms. The van der Waals surface area contributed by atoms with Gasteiger partial charge in [0.25, 0.3) is 0 Å². The van der Waals surface area contributed by atoms with Crippen LogP contribution < -0.4 is 5.30 Å². The van der Waals surface area contributed by atoms with Crippen LogP contribution in [0.5, 0.6) is 11.5 Å². The zero-order chi connectivity index (χ0) is 18.7. The molecule has 3 saturated carbocycles. The normalized spacial score (nSPS) is 24.1. The fraction of sp³-hybridized carbons (Fsp3) is 0.750. The van der Waals surface area contributed by atoms with Crippen molar-refractivity contribution in [1.29, 1.82) is 0 Å². The number of hydrogen-bond acceptors (Lipinski definition) is 2. The van der Waals surface area contributed by atoms with Crippen molar-refractivity contribution in [1.82, 2.24) is 0 Å². The Hall–Kier alpha value is -0.750. The van der Waals surface area contributed by atoms with Gasteiger partial charge in [0.2, 0.25) is 0 Å². The summed E-state index contributed by atoms with van der Waals surface area (Å²) in [5.41, 5.74) is 2.35. The van der Waals surface area contributed by atoms with Gasteiger partial charge in [0.15, 0.2) is 5.75 Å². The van der Waals surface area contributed by atoms with Gasteiger partial charge in [-0.15, -0.1) is 0 Å². The third kappa shape index (κ3) is 3.76. The molecule has 0 amide bonds. The highest BCUT2D eigenvalue weighted by molar-refractivity contribution is 7.85. The molecule has 3 fully saturated rings. The number of phenols is 2. The minimum absolute atomic E-state index is 0.356. The topological polar surface area (TPSA) is 40.5 Å². The Morgan fingerprint density at radius 3 is 1.41 bits per heavy atom. The first kappa shape index (κ1) is 19.6. The Balaban J connectivity index is 1.87. The van der Waals surface area contributed by atoms with Crippen molar-refractivity contribution >= 4 is 12.6 Å². The van der Waals surface area contributed by atoms with Crippen molar-refractivity contribution in [3.63, 3.8) is 0 Å². The average Bonchev–Trinajstić information content (AvgIpc) is 2.73. The van der Waals surface area contributed by atoms with Crippen LogP contribution in [0.3, 0.4) is 0 Å². The summed E-state index contributed by atoms with van der Waals surface area (Å²) in [5, 5.41) is 22.7. The van der Waals surface area contributed by atoms with Crippen LogP contribution in [0.15, 0.2) is 18.2 Å². The number of benzene rings is 1. The molecule has 3 aliphatic carbocycles. The minimum Gasteiger partial charge on any atom is -0.508 e. The molecule has 0 aromatic heterocycles. The molecule has 2 N–H and O–H groups in total. The summed E-state index contributed by atoms with van der Waals surface area (Å²) in [4.78, 5) is 0. The van der Waals surface area contributed by atoms with E-state index in [1.54, 1.807) is 12.1 Å². The molecule has 150 valence electrons. The first-order chi connectivity index (χ1) is 13.2. The Bertz CT molecular complexity index is 565. The lowest BCUT2D eigenvalue weighted by atomic mass is 9.99. The second-order valence-corrected chi connectivity index (χ2v) is 13.7. The highest BCUT2D eigenvalue weighted by Gasteiger charge is 2.59. The average molecular weight is 390 g/mol. The molecule has 0 aliphatic heterocycles. The van der Waals surface area contributed by atoms with Gasteiger partial charge in [-0.2, -0.15) is 0 Å². The Labute approximate surface area is 166 Å². The van der Waals surface area contributed by atoms with Crippen molar-refractivity contribution in [2.24, 2.45) is 0 Å². The summed E-state index contributed by atoms with van der Waals surface area (Å²) in [6.07, 6.45) is 20.5. The minimum atomic E-state index is -1.55. The Morgan fingerprint density at radius 2 is 1.00 bits per heavy atom. The monoisotopic (exact) mass is 389 g/mol. The van der Waals surface area contributed by atoms with Gasteiger partial charge in [-0.3, -0.25) is 0 Å². The Morgan fingerprint density at radius 1 is 0.593 bits per heavy atom. The van der Waals surface area contributed by atoms with E-state index in [1.165, 1.54) is 102 Å². The van der Waals surface area contributed by atoms with Crippen LogP contribution >= 0.6 is 7.26 Å². The lowest BCUT2D eigenvalue weighted by molar-refractivity contribution is 0.449. The molecular weight excluding hydrogens is 351 g/mol. The molecule has 0 radical (unpaired) electrons. The molecule has 0 atom stereocenters. The van der Waals surface area contributed by atoms with Crippen molar-refractivity contribution < 1.29 is 10.2 Å². The molecule has 1 aromatic carbocycles. The van der Waals surface area contributed by atoms with E-state index in [0.29, 0.717) is 11.5 Å². The van der Waals surface area contributed by atoms with Crippen LogP contribution in [-0.2, 0) is 0 Å². The van der Waals surface area contributed by atoms with Crippen LogP contribution in [0.2, 0.25) is 0 Å². The molecule has 3 aliphatic rings. The quantitative estimate of drug-likeness (QED) is 0.442. The first-order valence-corrected chi connectivity index (χ1v) is 13.6. The van der Waals surface area contributed by atoms with E-state index < -0.39 is 7.26 Å². The van der Waals surface area contributed by atoms with E-state index in [2.05, 4.69) is 0 Å². The van der Waals surface area contributed by atoms with E-state index in [9.17, 15) is 10.2 Å². The third-order valence-corrected chi connectivity index (χ3v) is 14.3. The summed E-state index contributed by atoms with van der Waals surface area (Å²) in [7, 11) is -1.55. The standard InChI is InChI=1S/C24H37O2P/c25-19-16-17-23(26)24(18-19)27(20-10-4-1-5-11-20,21-12-6-2-7-13-21)22-14-8-3-9-15-22/h16-18,20-22H,1-15H2,(H-,25,26)/p+1. The molecular formula is C24H38O2P+. The van der Waals surface area contributed by atoms with Gasteiger partial charge in [0.05, 0.1) is 24.2 Å². The number of phenolic OH excluding ortho intramolecular Hbond substituents is 2. The summed E-state index contributed by atoms with van der Waals surface area (Å²) in [6.45, 7) is 0. The lowest BCUT2D eigenvalue weighted by Gasteiger charge is -2.48. The molecule has 0 unspecified atom stereocenters. The maximum absolute atomic E-state index is 11.1.